The lowest BCUT2D eigenvalue weighted by molar-refractivity contribution is -0.114. The van der Waals surface area contributed by atoms with E-state index in [0.29, 0.717) is 28.8 Å². The van der Waals surface area contributed by atoms with E-state index >= 15 is 0 Å². The number of pyridine rings is 1. The number of primary amides is 1. The fourth-order valence-corrected chi connectivity index (χ4v) is 3.61. The van der Waals surface area contributed by atoms with E-state index in [1.54, 1.807) is 14.0 Å². The van der Waals surface area contributed by atoms with Crippen LogP contribution < -0.4 is 16.2 Å². The molecule has 1 aliphatic carbocycles. The van der Waals surface area contributed by atoms with Gasteiger partial charge in [-0.15, -0.1) is 0 Å². The van der Waals surface area contributed by atoms with E-state index < -0.39 is 5.91 Å². The predicted octanol–water partition coefficient (Wildman–Crippen LogP) is 5.14. The Morgan fingerprint density at radius 3 is 2.31 bits per heavy atom. The minimum atomic E-state index is -0.594. The summed E-state index contributed by atoms with van der Waals surface area (Å²) in [6.45, 7) is 10.7. The molecule has 1 amide bonds. The number of nitrogens with two attached hydrogens (primary N) is 2. The molecule has 1 aromatic carbocycles. The summed E-state index contributed by atoms with van der Waals surface area (Å²) in [5.41, 5.74) is 14.5. The van der Waals surface area contributed by atoms with Crippen LogP contribution in [-0.2, 0) is 4.79 Å². The second-order valence-electron chi connectivity index (χ2n) is 9.53. The minimum absolute atomic E-state index is 0.236. The molecule has 0 saturated heterocycles. The first kappa shape index (κ1) is 25.4. The smallest absolute Gasteiger partial charge is 0.252 e. The summed E-state index contributed by atoms with van der Waals surface area (Å²) in [4.78, 5) is 20.5. The van der Waals surface area contributed by atoms with E-state index in [9.17, 15) is 4.79 Å². The van der Waals surface area contributed by atoms with Crippen LogP contribution >= 0.6 is 0 Å². The van der Waals surface area contributed by atoms with Gasteiger partial charge in [0.05, 0.1) is 16.8 Å². The Morgan fingerprint density at radius 2 is 1.88 bits per heavy atom. The molecule has 174 valence electrons. The van der Waals surface area contributed by atoms with Crippen molar-refractivity contribution in [1.82, 2.24) is 4.98 Å². The number of nitrogens with zero attached hydrogens (tertiary/aromatic N) is 2. The molecule has 0 spiro atoms. The zero-order valence-electron chi connectivity index (χ0n) is 20.4. The number of rotatable bonds is 6. The standard InChI is InChI=1S/C19H22N4O2.C7H16/c1-11(20)17(19(21)24)18(22-2)13-6-8-15-12(10-13)7-9-16(23-15)25-14-4-3-5-14;1-5-6-7(2,3)4/h6-10,14H,3-5,20H2,1-2H3,(H2,21,24);5-6H2,1-4H3/b17-11-,22-18?;. The lowest BCUT2D eigenvalue weighted by Crippen LogP contribution is -2.25. The lowest BCUT2D eigenvalue weighted by atomic mass is 9.91. The minimum Gasteiger partial charge on any atom is -0.474 e. The Hall–Kier alpha value is -2.89. The third kappa shape index (κ3) is 7.08. The number of aliphatic imine (C=N–C) groups is 1. The molecule has 4 N–H and O–H groups in total. The Morgan fingerprint density at radius 1 is 1.19 bits per heavy atom. The van der Waals surface area contributed by atoms with Gasteiger partial charge in [-0.3, -0.25) is 9.79 Å². The molecule has 3 rings (SSSR count). The summed E-state index contributed by atoms with van der Waals surface area (Å²) in [5.74, 6) is 0.0490. The van der Waals surface area contributed by atoms with Crippen LogP contribution in [0.5, 0.6) is 5.88 Å². The average molecular weight is 439 g/mol. The van der Waals surface area contributed by atoms with E-state index in [1.165, 1.54) is 19.3 Å². The summed E-state index contributed by atoms with van der Waals surface area (Å²) < 4.78 is 5.84. The highest BCUT2D eigenvalue weighted by atomic mass is 16.5. The number of fused-ring (bicyclic) bond motifs is 1. The van der Waals surface area contributed by atoms with Crippen molar-refractivity contribution < 1.29 is 9.53 Å². The number of carbonyl (C=O) groups excluding carboxylic acids is 1. The first-order valence-electron chi connectivity index (χ1n) is 11.4. The third-order valence-electron chi connectivity index (χ3n) is 5.38. The quantitative estimate of drug-likeness (QED) is 0.481. The molecule has 6 nitrogen and oxygen atoms in total. The number of hydrogen-bond acceptors (Lipinski definition) is 5. The van der Waals surface area contributed by atoms with Gasteiger partial charge in [-0.2, -0.15) is 0 Å². The molecule has 32 heavy (non-hydrogen) atoms. The van der Waals surface area contributed by atoms with Crippen molar-refractivity contribution in [2.75, 3.05) is 7.05 Å². The summed E-state index contributed by atoms with van der Waals surface area (Å²) in [7, 11) is 1.61. The number of amides is 1. The van der Waals surface area contributed by atoms with E-state index in [0.717, 1.165) is 29.3 Å². The number of ether oxygens (including phenoxy) is 1. The molecule has 1 saturated carbocycles. The van der Waals surface area contributed by atoms with Crippen molar-refractivity contribution in [3.05, 3.63) is 47.2 Å². The fourth-order valence-electron chi connectivity index (χ4n) is 3.61. The van der Waals surface area contributed by atoms with Crippen LogP contribution in [0.25, 0.3) is 10.9 Å². The van der Waals surface area contributed by atoms with Gasteiger partial charge < -0.3 is 16.2 Å². The van der Waals surface area contributed by atoms with Crippen LogP contribution in [0.4, 0.5) is 0 Å². The number of benzene rings is 1. The van der Waals surface area contributed by atoms with Crippen LogP contribution in [0.2, 0.25) is 0 Å². The van der Waals surface area contributed by atoms with Gasteiger partial charge in [0, 0.05) is 29.8 Å². The molecule has 0 unspecified atom stereocenters. The summed E-state index contributed by atoms with van der Waals surface area (Å²) >= 11 is 0. The fraction of sp³-hybridized carbons (Fsp3) is 0.500. The van der Waals surface area contributed by atoms with Crippen LogP contribution in [0, 0.1) is 5.41 Å². The van der Waals surface area contributed by atoms with E-state index in [-0.39, 0.29) is 5.57 Å². The maximum absolute atomic E-state index is 11.7. The van der Waals surface area contributed by atoms with Crippen molar-refractivity contribution in [3.63, 3.8) is 0 Å². The van der Waals surface area contributed by atoms with Gasteiger partial charge >= 0.3 is 0 Å². The molecule has 1 aromatic heterocycles. The maximum atomic E-state index is 11.7. The van der Waals surface area contributed by atoms with Crippen molar-refractivity contribution in [2.24, 2.45) is 21.9 Å². The molecule has 0 bridgehead atoms. The van der Waals surface area contributed by atoms with E-state index in [1.807, 2.05) is 30.3 Å². The normalized spacial score (nSPS) is 15.4. The van der Waals surface area contributed by atoms with Crippen LogP contribution in [-0.4, -0.2) is 29.8 Å². The summed E-state index contributed by atoms with van der Waals surface area (Å²) in [6.07, 6.45) is 6.34. The molecule has 0 atom stereocenters. The second kappa shape index (κ2) is 11.1. The zero-order valence-corrected chi connectivity index (χ0v) is 20.4. The molecule has 6 heteroatoms. The molecular formula is C26H38N4O2. The first-order chi connectivity index (χ1) is 15.1. The third-order valence-corrected chi connectivity index (χ3v) is 5.38. The van der Waals surface area contributed by atoms with Gasteiger partial charge in [-0.1, -0.05) is 40.2 Å². The van der Waals surface area contributed by atoms with E-state index in [4.69, 9.17) is 16.2 Å². The van der Waals surface area contributed by atoms with Crippen LogP contribution in [0.3, 0.4) is 0 Å². The monoisotopic (exact) mass is 438 g/mol. The molecule has 0 aliphatic heterocycles. The number of aromatic nitrogens is 1. The molecule has 0 radical (unpaired) electrons. The molecule has 1 aliphatic rings. The maximum Gasteiger partial charge on any atom is 0.252 e. The van der Waals surface area contributed by atoms with Crippen molar-refractivity contribution in [2.45, 2.75) is 72.8 Å². The largest absolute Gasteiger partial charge is 0.474 e. The number of carbonyl (C=O) groups is 1. The first-order valence-corrected chi connectivity index (χ1v) is 11.4. The summed E-state index contributed by atoms with van der Waals surface area (Å²) in [5, 5.41) is 0.929. The highest BCUT2D eigenvalue weighted by Gasteiger charge is 2.20. The van der Waals surface area contributed by atoms with Crippen LogP contribution in [0.1, 0.15) is 72.3 Å². The van der Waals surface area contributed by atoms with Crippen molar-refractivity contribution in [1.29, 1.82) is 0 Å². The highest BCUT2D eigenvalue weighted by molar-refractivity contribution is 6.28. The van der Waals surface area contributed by atoms with Gasteiger partial charge in [0.25, 0.3) is 5.91 Å². The Labute approximate surface area is 192 Å². The molecule has 1 heterocycles. The van der Waals surface area contributed by atoms with Crippen LogP contribution in [0.15, 0.2) is 46.6 Å². The highest BCUT2D eigenvalue weighted by Crippen LogP contribution is 2.26. The van der Waals surface area contributed by atoms with Gasteiger partial charge in [-0.25, -0.2) is 4.98 Å². The number of hydrogen-bond donors (Lipinski definition) is 2. The second-order valence-corrected chi connectivity index (χ2v) is 9.53. The van der Waals surface area contributed by atoms with Gasteiger partial charge in [0.15, 0.2) is 0 Å². The Bertz CT molecular complexity index is 995. The predicted molar refractivity (Wildman–Crippen MR) is 133 cm³/mol. The molecule has 2 aromatic rings. The Balaban J connectivity index is 0.000000451. The lowest BCUT2D eigenvalue weighted by Gasteiger charge is -2.25. The van der Waals surface area contributed by atoms with Gasteiger partial charge in [0.2, 0.25) is 5.88 Å². The topological polar surface area (TPSA) is 104 Å². The molecule has 1 fully saturated rings. The van der Waals surface area contributed by atoms with Crippen molar-refractivity contribution >= 4 is 22.5 Å². The summed E-state index contributed by atoms with van der Waals surface area (Å²) in [6, 6.07) is 9.48. The number of allylic oxidation sites excluding steroid dienone is 1. The van der Waals surface area contributed by atoms with E-state index in [2.05, 4.69) is 37.7 Å². The molecular weight excluding hydrogens is 400 g/mol. The SMILES string of the molecule is CCCC(C)(C)C.CN=C(/C(C(N)=O)=C(\C)N)c1ccc2nc(OC3CCC3)ccc2c1. The van der Waals surface area contributed by atoms with Gasteiger partial charge in [-0.05, 0) is 56.2 Å². The van der Waals surface area contributed by atoms with Gasteiger partial charge in [0.1, 0.15) is 6.10 Å². The zero-order chi connectivity index (χ0) is 23.9. The van der Waals surface area contributed by atoms with Crippen molar-refractivity contribution in [3.8, 4) is 5.88 Å². The Kier molecular flexibility index (Phi) is 8.81. The average Bonchev–Trinajstić information content (AvgIpc) is 2.67.